The van der Waals surface area contributed by atoms with Crippen LogP contribution in [-0.4, -0.2) is 32.2 Å². The van der Waals surface area contributed by atoms with E-state index in [-0.39, 0.29) is 11.9 Å². The van der Waals surface area contributed by atoms with E-state index in [1.54, 1.807) is 7.11 Å². The molecular weight excluding hydrogens is 280 g/mol. The van der Waals surface area contributed by atoms with Crippen molar-refractivity contribution in [3.8, 4) is 11.8 Å². The summed E-state index contributed by atoms with van der Waals surface area (Å²) in [5.74, 6) is 0.322. The van der Waals surface area contributed by atoms with Gasteiger partial charge >= 0.3 is 0 Å². The Morgan fingerprint density at radius 3 is 2.95 bits per heavy atom. The number of methoxy groups -OCH3 is 1. The fourth-order valence-corrected chi connectivity index (χ4v) is 3.22. The Morgan fingerprint density at radius 2 is 2.23 bits per heavy atom. The van der Waals surface area contributed by atoms with Crippen molar-refractivity contribution in [2.75, 3.05) is 20.3 Å². The zero-order valence-electron chi connectivity index (χ0n) is 12.9. The lowest BCUT2D eigenvalue weighted by atomic mass is 10.1. The highest BCUT2D eigenvalue weighted by molar-refractivity contribution is 5.45. The fraction of sp³-hybridized carbons (Fsp3) is 0.588. The predicted octanol–water partition coefficient (Wildman–Crippen LogP) is 2.34. The minimum absolute atomic E-state index is 0.117. The van der Waals surface area contributed by atoms with Crippen molar-refractivity contribution >= 4 is 0 Å². The second-order valence-electron chi connectivity index (χ2n) is 5.95. The average molecular weight is 302 g/mol. The Labute approximate surface area is 131 Å². The van der Waals surface area contributed by atoms with Crippen molar-refractivity contribution in [3.63, 3.8) is 0 Å². The lowest BCUT2D eigenvalue weighted by Crippen LogP contribution is -2.31. The van der Waals surface area contributed by atoms with E-state index >= 15 is 0 Å². The molecule has 1 N–H and O–H groups in total. The Bertz CT molecular complexity index is 562. The summed E-state index contributed by atoms with van der Waals surface area (Å²) in [6.07, 6.45) is 4.55. The van der Waals surface area contributed by atoms with Crippen LogP contribution in [0.3, 0.4) is 0 Å². The predicted molar refractivity (Wildman–Crippen MR) is 81.4 cm³/mol. The lowest BCUT2D eigenvalue weighted by Gasteiger charge is -2.22. The minimum Gasteiger partial charge on any atom is -0.495 e. The molecule has 0 bridgehead atoms. The van der Waals surface area contributed by atoms with Gasteiger partial charge in [0.2, 0.25) is 0 Å². The summed E-state index contributed by atoms with van der Waals surface area (Å²) in [5, 5.41) is 12.5. The molecule has 1 aliphatic heterocycles. The summed E-state index contributed by atoms with van der Waals surface area (Å²) in [6.45, 7) is 2.13. The molecule has 1 spiro atoms. The molecule has 0 radical (unpaired) electrons. The molecule has 3 rings (SSSR count). The third-order valence-corrected chi connectivity index (χ3v) is 4.36. The van der Waals surface area contributed by atoms with Gasteiger partial charge in [-0.3, -0.25) is 0 Å². The van der Waals surface area contributed by atoms with E-state index in [1.165, 1.54) is 12.8 Å². The summed E-state index contributed by atoms with van der Waals surface area (Å²) in [4.78, 5) is 0. The molecule has 1 saturated heterocycles. The maximum atomic E-state index is 9.10. The molecule has 5 nitrogen and oxygen atoms in total. The standard InChI is InChI=1S/C17H22N2O3/c1-20-16-5-4-13(8-14(16)9-18)10-19-11-15-12-21-17(22-15)6-2-3-7-17/h4-5,8,15,19H,2-3,6-7,10-12H2,1H3. The molecule has 1 heterocycles. The third kappa shape index (κ3) is 3.25. The Kier molecular flexibility index (Phi) is 4.63. The SMILES string of the molecule is COc1ccc(CNCC2COC3(CCCC3)O2)cc1C#N. The molecule has 1 aromatic rings. The van der Waals surface area contributed by atoms with E-state index in [9.17, 15) is 0 Å². The van der Waals surface area contributed by atoms with E-state index < -0.39 is 0 Å². The number of hydrogen-bond acceptors (Lipinski definition) is 5. The van der Waals surface area contributed by atoms with Crippen molar-refractivity contribution in [2.24, 2.45) is 0 Å². The Balaban J connectivity index is 1.48. The highest BCUT2D eigenvalue weighted by Gasteiger charge is 2.43. The highest BCUT2D eigenvalue weighted by Crippen LogP contribution is 2.38. The molecule has 1 aromatic carbocycles. The van der Waals surface area contributed by atoms with Crippen LogP contribution in [0.25, 0.3) is 0 Å². The third-order valence-electron chi connectivity index (χ3n) is 4.36. The van der Waals surface area contributed by atoms with Gasteiger partial charge in [0.05, 0.1) is 25.4 Å². The number of nitrogens with one attached hydrogen (secondary N) is 1. The van der Waals surface area contributed by atoms with Crippen LogP contribution in [0.15, 0.2) is 18.2 Å². The lowest BCUT2D eigenvalue weighted by molar-refractivity contribution is -0.161. The number of benzene rings is 1. The smallest absolute Gasteiger partial charge is 0.168 e. The van der Waals surface area contributed by atoms with Gasteiger partial charge in [-0.05, 0) is 30.5 Å². The van der Waals surface area contributed by atoms with Crippen molar-refractivity contribution in [2.45, 2.75) is 44.1 Å². The second kappa shape index (κ2) is 6.66. The maximum Gasteiger partial charge on any atom is 0.168 e. The molecule has 1 saturated carbocycles. The number of nitriles is 1. The zero-order valence-corrected chi connectivity index (χ0v) is 12.9. The first kappa shape index (κ1) is 15.3. The van der Waals surface area contributed by atoms with E-state index in [4.69, 9.17) is 19.5 Å². The quantitative estimate of drug-likeness (QED) is 0.904. The van der Waals surface area contributed by atoms with Gasteiger partial charge in [0, 0.05) is 25.9 Å². The maximum absolute atomic E-state index is 9.10. The van der Waals surface area contributed by atoms with Gasteiger partial charge in [-0.15, -0.1) is 0 Å². The van der Waals surface area contributed by atoms with Crippen LogP contribution in [0.4, 0.5) is 0 Å². The largest absolute Gasteiger partial charge is 0.495 e. The van der Waals surface area contributed by atoms with Gasteiger partial charge in [0.25, 0.3) is 0 Å². The molecule has 118 valence electrons. The molecule has 2 aliphatic rings. The van der Waals surface area contributed by atoms with Crippen molar-refractivity contribution < 1.29 is 14.2 Å². The molecule has 1 atom stereocenters. The fourth-order valence-electron chi connectivity index (χ4n) is 3.22. The van der Waals surface area contributed by atoms with Crippen LogP contribution in [0, 0.1) is 11.3 Å². The van der Waals surface area contributed by atoms with Crippen molar-refractivity contribution in [1.82, 2.24) is 5.32 Å². The normalized spacial score (nSPS) is 22.8. The van der Waals surface area contributed by atoms with Crippen LogP contribution in [0.1, 0.15) is 36.8 Å². The summed E-state index contributed by atoms with van der Waals surface area (Å²) in [5.41, 5.74) is 1.62. The summed E-state index contributed by atoms with van der Waals surface area (Å²) < 4.78 is 17.1. The number of ether oxygens (including phenoxy) is 3. The van der Waals surface area contributed by atoms with Crippen LogP contribution >= 0.6 is 0 Å². The average Bonchev–Trinajstić information content (AvgIpc) is 3.17. The van der Waals surface area contributed by atoms with Gasteiger partial charge in [0.15, 0.2) is 5.79 Å². The van der Waals surface area contributed by atoms with E-state index in [0.29, 0.717) is 24.5 Å². The molecule has 0 aromatic heterocycles. The molecule has 2 fully saturated rings. The van der Waals surface area contributed by atoms with Gasteiger partial charge in [-0.2, -0.15) is 5.26 Å². The first-order chi connectivity index (χ1) is 10.7. The van der Waals surface area contributed by atoms with Gasteiger partial charge in [0.1, 0.15) is 11.8 Å². The number of hydrogen-bond donors (Lipinski definition) is 1. The van der Waals surface area contributed by atoms with Crippen molar-refractivity contribution in [1.29, 1.82) is 5.26 Å². The van der Waals surface area contributed by atoms with Gasteiger partial charge in [-0.1, -0.05) is 6.07 Å². The summed E-state index contributed by atoms with van der Waals surface area (Å²) in [6, 6.07) is 7.81. The van der Waals surface area contributed by atoms with E-state index in [2.05, 4.69) is 11.4 Å². The van der Waals surface area contributed by atoms with Crippen LogP contribution in [0.2, 0.25) is 0 Å². The second-order valence-corrected chi connectivity index (χ2v) is 5.95. The molecule has 1 aliphatic carbocycles. The topological polar surface area (TPSA) is 63.5 Å². The molecule has 0 amide bonds. The minimum atomic E-state index is -0.291. The number of rotatable bonds is 5. The van der Waals surface area contributed by atoms with Crippen LogP contribution in [0.5, 0.6) is 5.75 Å². The summed E-state index contributed by atoms with van der Waals surface area (Å²) in [7, 11) is 1.57. The molecular formula is C17H22N2O3. The summed E-state index contributed by atoms with van der Waals surface area (Å²) >= 11 is 0. The number of nitrogens with zero attached hydrogens (tertiary/aromatic N) is 1. The van der Waals surface area contributed by atoms with E-state index in [0.717, 1.165) is 24.9 Å². The molecule has 1 unspecified atom stereocenters. The Hall–Kier alpha value is -1.61. The van der Waals surface area contributed by atoms with E-state index in [1.807, 2.05) is 18.2 Å². The molecule has 22 heavy (non-hydrogen) atoms. The first-order valence-electron chi connectivity index (χ1n) is 7.84. The van der Waals surface area contributed by atoms with Crippen LogP contribution < -0.4 is 10.1 Å². The monoisotopic (exact) mass is 302 g/mol. The van der Waals surface area contributed by atoms with Crippen molar-refractivity contribution in [3.05, 3.63) is 29.3 Å². The molecule has 5 heteroatoms. The van der Waals surface area contributed by atoms with Gasteiger partial charge in [-0.25, -0.2) is 0 Å². The van der Waals surface area contributed by atoms with Gasteiger partial charge < -0.3 is 19.5 Å². The van der Waals surface area contributed by atoms with Crippen LogP contribution in [-0.2, 0) is 16.0 Å². The Morgan fingerprint density at radius 1 is 1.41 bits per heavy atom. The zero-order chi connectivity index (χ0) is 15.4. The highest BCUT2D eigenvalue weighted by atomic mass is 16.7. The first-order valence-corrected chi connectivity index (χ1v) is 7.84.